The monoisotopic (exact) mass is 297 g/mol. The van der Waals surface area contributed by atoms with Crippen LogP contribution >= 0.6 is 0 Å². The van der Waals surface area contributed by atoms with Crippen LogP contribution in [-0.4, -0.2) is 23.0 Å². The van der Waals surface area contributed by atoms with Crippen molar-refractivity contribution in [2.24, 2.45) is 0 Å². The number of carbonyl (C=O) groups excluding carboxylic acids is 1. The van der Waals surface area contributed by atoms with Crippen LogP contribution in [0.1, 0.15) is 30.0 Å². The first-order chi connectivity index (χ1) is 10.4. The van der Waals surface area contributed by atoms with Gasteiger partial charge in [-0.25, -0.2) is 0 Å². The van der Waals surface area contributed by atoms with E-state index in [4.69, 9.17) is 0 Å². The molecule has 0 saturated heterocycles. The zero-order chi connectivity index (χ0) is 16.2. The minimum absolute atomic E-state index is 0.0688. The third kappa shape index (κ3) is 3.95. The number of benzene rings is 2. The largest absolute Gasteiger partial charge is 0.385 e. The topological polar surface area (TPSA) is 40.5 Å². The highest BCUT2D eigenvalue weighted by molar-refractivity contribution is 5.77. The first kappa shape index (κ1) is 16.2. The van der Waals surface area contributed by atoms with Crippen molar-refractivity contribution in [2.45, 2.75) is 32.4 Å². The summed E-state index contributed by atoms with van der Waals surface area (Å²) in [7, 11) is 1.77. The van der Waals surface area contributed by atoms with Crippen molar-refractivity contribution in [2.75, 3.05) is 7.05 Å². The summed E-state index contributed by atoms with van der Waals surface area (Å²) in [4.78, 5) is 14.1. The molecule has 0 bridgehead atoms. The lowest BCUT2D eigenvalue weighted by Crippen LogP contribution is -2.34. The summed E-state index contributed by atoms with van der Waals surface area (Å²) in [5.74, 6) is -0.0721. The predicted octanol–water partition coefficient (Wildman–Crippen LogP) is 3.25. The Balaban J connectivity index is 2.04. The van der Waals surface area contributed by atoms with Crippen LogP contribution in [0.25, 0.3) is 0 Å². The standard InChI is InChI=1S/C19H23NO2/c1-15-9-7-8-10-16(15)14-20(3)18(21)13-19(2,22)17-11-5-4-6-12-17/h4-12,22H,13-14H2,1-3H3. The maximum atomic E-state index is 12.4. The first-order valence-electron chi connectivity index (χ1n) is 7.46. The number of hydrogen-bond acceptors (Lipinski definition) is 2. The molecule has 0 spiro atoms. The van der Waals surface area contributed by atoms with Crippen LogP contribution in [0.15, 0.2) is 54.6 Å². The summed E-state index contributed by atoms with van der Waals surface area (Å²) in [6, 6.07) is 17.3. The fourth-order valence-corrected chi connectivity index (χ4v) is 2.46. The Kier molecular flexibility index (Phi) is 4.99. The molecule has 116 valence electrons. The van der Waals surface area contributed by atoms with Gasteiger partial charge < -0.3 is 10.0 Å². The fraction of sp³-hybridized carbons (Fsp3) is 0.316. The highest BCUT2D eigenvalue weighted by Crippen LogP contribution is 2.25. The van der Waals surface area contributed by atoms with E-state index in [-0.39, 0.29) is 12.3 Å². The van der Waals surface area contributed by atoms with Crippen LogP contribution in [0.5, 0.6) is 0 Å². The smallest absolute Gasteiger partial charge is 0.225 e. The molecular weight excluding hydrogens is 274 g/mol. The number of amides is 1. The van der Waals surface area contributed by atoms with Crippen LogP contribution in [0.4, 0.5) is 0 Å². The minimum Gasteiger partial charge on any atom is -0.385 e. The molecule has 1 N–H and O–H groups in total. The van der Waals surface area contributed by atoms with Crippen LogP contribution in [0.3, 0.4) is 0 Å². The van der Waals surface area contributed by atoms with Crippen molar-refractivity contribution in [3.05, 3.63) is 71.3 Å². The second-order valence-corrected chi connectivity index (χ2v) is 5.99. The lowest BCUT2D eigenvalue weighted by molar-refractivity contribution is -0.135. The van der Waals surface area contributed by atoms with Crippen molar-refractivity contribution in [1.29, 1.82) is 0 Å². The number of aryl methyl sites for hydroxylation is 1. The summed E-state index contributed by atoms with van der Waals surface area (Å²) >= 11 is 0. The van der Waals surface area contributed by atoms with Gasteiger partial charge in [-0.2, -0.15) is 0 Å². The Morgan fingerprint density at radius 1 is 1.09 bits per heavy atom. The Hall–Kier alpha value is -2.13. The summed E-state index contributed by atoms with van der Waals surface area (Å²) in [6.45, 7) is 4.27. The van der Waals surface area contributed by atoms with Crippen molar-refractivity contribution < 1.29 is 9.90 Å². The normalized spacial score (nSPS) is 13.5. The molecule has 22 heavy (non-hydrogen) atoms. The molecule has 3 heteroatoms. The average molecular weight is 297 g/mol. The highest BCUT2D eigenvalue weighted by Gasteiger charge is 2.28. The molecule has 2 aromatic rings. The summed E-state index contributed by atoms with van der Waals surface area (Å²) in [5, 5.41) is 10.6. The molecule has 2 aromatic carbocycles. The van der Waals surface area contributed by atoms with Gasteiger partial charge in [0.25, 0.3) is 0 Å². The highest BCUT2D eigenvalue weighted by atomic mass is 16.3. The van der Waals surface area contributed by atoms with Crippen LogP contribution < -0.4 is 0 Å². The van der Waals surface area contributed by atoms with E-state index in [0.29, 0.717) is 6.54 Å². The SMILES string of the molecule is Cc1ccccc1CN(C)C(=O)CC(C)(O)c1ccccc1. The van der Waals surface area contributed by atoms with Gasteiger partial charge in [-0.05, 0) is 30.5 Å². The molecule has 0 saturated carbocycles. The molecule has 1 amide bonds. The number of nitrogens with zero attached hydrogens (tertiary/aromatic N) is 1. The molecule has 0 aromatic heterocycles. The van der Waals surface area contributed by atoms with E-state index < -0.39 is 5.60 Å². The molecule has 3 nitrogen and oxygen atoms in total. The number of aliphatic hydroxyl groups is 1. The van der Waals surface area contributed by atoms with E-state index in [1.165, 1.54) is 0 Å². The molecule has 1 atom stereocenters. The lowest BCUT2D eigenvalue weighted by Gasteiger charge is -2.26. The van der Waals surface area contributed by atoms with Crippen molar-refractivity contribution in [3.8, 4) is 0 Å². The lowest BCUT2D eigenvalue weighted by atomic mass is 9.92. The van der Waals surface area contributed by atoms with Gasteiger partial charge in [0.1, 0.15) is 0 Å². The summed E-state index contributed by atoms with van der Waals surface area (Å²) in [6.07, 6.45) is 0.0688. The molecule has 0 aliphatic heterocycles. The maximum Gasteiger partial charge on any atom is 0.225 e. The van der Waals surface area contributed by atoms with Gasteiger partial charge in [0.2, 0.25) is 5.91 Å². The van der Waals surface area contributed by atoms with Crippen LogP contribution in [0.2, 0.25) is 0 Å². The fourth-order valence-electron chi connectivity index (χ4n) is 2.46. The Morgan fingerprint density at radius 3 is 2.32 bits per heavy atom. The molecule has 0 fully saturated rings. The summed E-state index contributed by atoms with van der Waals surface area (Å²) in [5.41, 5.74) is 1.89. The van der Waals surface area contributed by atoms with E-state index in [0.717, 1.165) is 16.7 Å². The van der Waals surface area contributed by atoms with Gasteiger partial charge in [0.15, 0.2) is 0 Å². The average Bonchev–Trinajstić information content (AvgIpc) is 2.50. The van der Waals surface area contributed by atoms with Crippen molar-refractivity contribution >= 4 is 5.91 Å². The van der Waals surface area contributed by atoms with E-state index in [9.17, 15) is 9.90 Å². The molecule has 0 radical (unpaired) electrons. The van der Waals surface area contributed by atoms with Crippen molar-refractivity contribution in [3.63, 3.8) is 0 Å². The molecule has 0 aliphatic rings. The second kappa shape index (κ2) is 6.75. The Morgan fingerprint density at radius 2 is 1.68 bits per heavy atom. The van der Waals surface area contributed by atoms with Gasteiger partial charge in [-0.1, -0.05) is 54.6 Å². The van der Waals surface area contributed by atoms with Gasteiger partial charge in [-0.3, -0.25) is 4.79 Å². The first-order valence-corrected chi connectivity index (χ1v) is 7.46. The maximum absolute atomic E-state index is 12.4. The predicted molar refractivity (Wildman–Crippen MR) is 88.3 cm³/mol. The van der Waals surface area contributed by atoms with E-state index in [1.54, 1.807) is 18.9 Å². The van der Waals surface area contributed by atoms with Gasteiger partial charge in [0, 0.05) is 13.6 Å². The second-order valence-electron chi connectivity index (χ2n) is 5.99. The Labute approximate surface area is 132 Å². The summed E-state index contributed by atoms with van der Waals surface area (Å²) < 4.78 is 0. The van der Waals surface area contributed by atoms with Gasteiger partial charge >= 0.3 is 0 Å². The van der Waals surface area contributed by atoms with Crippen LogP contribution in [-0.2, 0) is 16.9 Å². The van der Waals surface area contributed by atoms with Crippen LogP contribution in [0, 0.1) is 6.92 Å². The molecule has 0 aliphatic carbocycles. The third-order valence-electron chi connectivity index (χ3n) is 3.99. The zero-order valence-electron chi connectivity index (χ0n) is 13.4. The van der Waals surface area contributed by atoms with Gasteiger partial charge in [0.05, 0.1) is 12.0 Å². The van der Waals surface area contributed by atoms with Crippen molar-refractivity contribution in [1.82, 2.24) is 4.90 Å². The van der Waals surface area contributed by atoms with Gasteiger partial charge in [-0.15, -0.1) is 0 Å². The van der Waals surface area contributed by atoms with E-state index >= 15 is 0 Å². The zero-order valence-corrected chi connectivity index (χ0v) is 13.4. The molecule has 0 heterocycles. The van der Waals surface area contributed by atoms with E-state index in [1.807, 2.05) is 61.5 Å². The number of rotatable bonds is 5. The molecule has 2 rings (SSSR count). The number of carbonyl (C=O) groups is 1. The quantitative estimate of drug-likeness (QED) is 0.920. The third-order valence-corrected chi connectivity index (χ3v) is 3.99. The minimum atomic E-state index is -1.15. The van der Waals surface area contributed by atoms with E-state index in [2.05, 4.69) is 0 Å². The molecular formula is C19H23NO2. The Bertz CT molecular complexity index is 635. The molecule has 1 unspecified atom stereocenters. The number of hydrogen-bond donors (Lipinski definition) is 1.